The van der Waals surface area contributed by atoms with Crippen molar-refractivity contribution in [3.63, 3.8) is 0 Å². The van der Waals surface area contributed by atoms with E-state index in [4.69, 9.17) is 0 Å². The van der Waals surface area contributed by atoms with Gasteiger partial charge in [-0.15, -0.1) is 11.3 Å². The molecule has 1 fully saturated rings. The minimum absolute atomic E-state index is 0.134. The molecule has 0 unspecified atom stereocenters. The van der Waals surface area contributed by atoms with Crippen molar-refractivity contribution in [2.24, 2.45) is 0 Å². The van der Waals surface area contributed by atoms with Crippen LogP contribution in [0.15, 0.2) is 35.7 Å². The van der Waals surface area contributed by atoms with E-state index in [-0.39, 0.29) is 5.91 Å². The molecule has 21 heavy (non-hydrogen) atoms. The smallest absolute Gasteiger partial charge is 0.256 e. The van der Waals surface area contributed by atoms with Crippen LogP contribution in [-0.2, 0) is 6.54 Å². The zero-order chi connectivity index (χ0) is 14.8. The van der Waals surface area contributed by atoms with E-state index in [0.29, 0.717) is 6.04 Å². The van der Waals surface area contributed by atoms with E-state index in [2.05, 4.69) is 16.8 Å². The summed E-state index contributed by atoms with van der Waals surface area (Å²) in [6, 6.07) is 10.5. The van der Waals surface area contributed by atoms with E-state index in [1.807, 2.05) is 43.1 Å². The highest BCUT2D eigenvalue weighted by atomic mass is 32.1. The second kappa shape index (κ2) is 5.90. The van der Waals surface area contributed by atoms with Crippen LogP contribution in [0.1, 0.15) is 33.6 Å². The van der Waals surface area contributed by atoms with Crippen LogP contribution in [0, 0.1) is 6.92 Å². The molecule has 0 saturated heterocycles. The summed E-state index contributed by atoms with van der Waals surface area (Å²) in [6.45, 7) is 2.76. The van der Waals surface area contributed by atoms with Gasteiger partial charge in [0.15, 0.2) is 0 Å². The van der Waals surface area contributed by atoms with Gasteiger partial charge in [-0.3, -0.25) is 4.79 Å². The summed E-state index contributed by atoms with van der Waals surface area (Å²) in [5.41, 5.74) is 2.84. The largest absolute Gasteiger partial charge is 0.387 e. The van der Waals surface area contributed by atoms with Crippen LogP contribution in [0.5, 0.6) is 0 Å². The maximum Gasteiger partial charge on any atom is 0.256 e. The van der Waals surface area contributed by atoms with Crippen molar-refractivity contribution < 1.29 is 4.79 Å². The first-order valence-electron chi connectivity index (χ1n) is 7.31. The van der Waals surface area contributed by atoms with Gasteiger partial charge < -0.3 is 10.2 Å². The molecule has 1 saturated carbocycles. The average molecular weight is 300 g/mol. The fraction of sp³-hybridized carbons (Fsp3) is 0.353. The Bertz CT molecular complexity index is 632. The molecule has 3 nitrogen and oxygen atoms in total. The van der Waals surface area contributed by atoms with Crippen LogP contribution in [0.25, 0.3) is 0 Å². The molecule has 0 spiro atoms. The first-order chi connectivity index (χ1) is 10.2. The van der Waals surface area contributed by atoms with Gasteiger partial charge in [0.05, 0.1) is 12.1 Å². The minimum atomic E-state index is 0.134. The molecule has 2 aromatic rings. The van der Waals surface area contributed by atoms with Crippen molar-refractivity contribution in [2.75, 3.05) is 12.4 Å². The molecule has 0 aliphatic heterocycles. The average Bonchev–Trinajstić information content (AvgIpc) is 3.20. The molecule has 1 aliphatic rings. The van der Waals surface area contributed by atoms with Crippen molar-refractivity contribution in [2.45, 2.75) is 32.4 Å². The summed E-state index contributed by atoms with van der Waals surface area (Å²) in [6.07, 6.45) is 2.25. The molecule has 0 radical (unpaired) electrons. The zero-order valence-electron chi connectivity index (χ0n) is 12.4. The summed E-state index contributed by atoms with van der Waals surface area (Å²) in [7, 11) is 1.87. The summed E-state index contributed by atoms with van der Waals surface area (Å²) in [5.74, 6) is 0.134. The predicted molar refractivity (Wildman–Crippen MR) is 87.9 cm³/mol. The van der Waals surface area contributed by atoms with E-state index < -0.39 is 0 Å². The van der Waals surface area contributed by atoms with E-state index >= 15 is 0 Å². The number of rotatable bonds is 5. The monoisotopic (exact) mass is 300 g/mol. The first-order valence-corrected chi connectivity index (χ1v) is 8.19. The van der Waals surface area contributed by atoms with Crippen LogP contribution in [-0.4, -0.2) is 23.9 Å². The Morgan fingerprint density at radius 3 is 2.81 bits per heavy atom. The Labute approximate surface area is 129 Å². The Morgan fingerprint density at radius 2 is 2.19 bits per heavy atom. The number of benzene rings is 1. The fourth-order valence-corrected chi connectivity index (χ4v) is 3.23. The topological polar surface area (TPSA) is 32.3 Å². The Morgan fingerprint density at radius 1 is 1.38 bits per heavy atom. The lowest BCUT2D eigenvalue weighted by molar-refractivity contribution is 0.0732. The molecule has 1 aromatic carbocycles. The number of amides is 1. The molecule has 4 heteroatoms. The van der Waals surface area contributed by atoms with Crippen molar-refractivity contribution in [1.82, 2.24) is 4.90 Å². The molecular formula is C17H20N2OS. The number of nitrogens with zero attached hydrogens (tertiary/aromatic N) is 1. The molecule has 3 rings (SSSR count). The summed E-state index contributed by atoms with van der Waals surface area (Å²) in [5, 5.41) is 5.21. The standard InChI is InChI=1S/C17H20N2OS/c1-12-5-8-15(16(10-12)18-2)17(20)19(13-6-7-13)11-14-4-3-9-21-14/h3-5,8-10,13,18H,6-7,11H2,1-2H3. The second-order valence-corrected chi connectivity index (χ2v) is 6.57. The van der Waals surface area contributed by atoms with Crippen LogP contribution in [0.3, 0.4) is 0 Å². The molecule has 1 aromatic heterocycles. The molecule has 1 N–H and O–H groups in total. The lowest BCUT2D eigenvalue weighted by Gasteiger charge is -2.23. The fourth-order valence-electron chi connectivity index (χ4n) is 2.53. The molecule has 0 atom stereocenters. The van der Waals surface area contributed by atoms with E-state index in [1.165, 1.54) is 4.88 Å². The van der Waals surface area contributed by atoms with Gasteiger partial charge in [-0.05, 0) is 48.9 Å². The maximum absolute atomic E-state index is 12.9. The van der Waals surface area contributed by atoms with Gasteiger partial charge >= 0.3 is 0 Å². The van der Waals surface area contributed by atoms with E-state index in [9.17, 15) is 4.79 Å². The third-order valence-electron chi connectivity index (χ3n) is 3.83. The van der Waals surface area contributed by atoms with Gasteiger partial charge in [0.25, 0.3) is 5.91 Å². The summed E-state index contributed by atoms with van der Waals surface area (Å²) < 4.78 is 0. The molecule has 1 heterocycles. The van der Waals surface area contributed by atoms with Gasteiger partial charge in [-0.1, -0.05) is 12.1 Å². The lowest BCUT2D eigenvalue weighted by Crippen LogP contribution is -2.32. The predicted octanol–water partition coefficient (Wildman–Crippen LogP) is 3.90. The number of anilines is 1. The Hall–Kier alpha value is -1.81. The molecular weight excluding hydrogens is 280 g/mol. The minimum Gasteiger partial charge on any atom is -0.387 e. The maximum atomic E-state index is 12.9. The molecule has 110 valence electrons. The number of carbonyl (C=O) groups is 1. The Balaban J connectivity index is 1.87. The summed E-state index contributed by atoms with van der Waals surface area (Å²) >= 11 is 1.71. The van der Waals surface area contributed by atoms with Gasteiger partial charge in [0.1, 0.15) is 0 Å². The van der Waals surface area contributed by atoms with Crippen molar-refractivity contribution in [1.29, 1.82) is 0 Å². The van der Waals surface area contributed by atoms with Gasteiger partial charge in [-0.25, -0.2) is 0 Å². The second-order valence-electron chi connectivity index (χ2n) is 5.54. The van der Waals surface area contributed by atoms with Crippen LogP contribution < -0.4 is 5.32 Å². The number of hydrogen-bond acceptors (Lipinski definition) is 3. The molecule has 0 bridgehead atoms. The van der Waals surface area contributed by atoms with Crippen molar-refractivity contribution in [3.8, 4) is 0 Å². The number of hydrogen-bond donors (Lipinski definition) is 1. The molecule has 1 aliphatic carbocycles. The number of carbonyl (C=O) groups excluding carboxylic acids is 1. The van der Waals surface area contributed by atoms with Crippen LogP contribution >= 0.6 is 11.3 Å². The number of thiophene rings is 1. The SMILES string of the molecule is CNc1cc(C)ccc1C(=O)N(Cc1cccs1)C1CC1. The van der Waals surface area contributed by atoms with E-state index in [0.717, 1.165) is 36.2 Å². The van der Waals surface area contributed by atoms with Crippen LogP contribution in [0.2, 0.25) is 0 Å². The van der Waals surface area contributed by atoms with Gasteiger partial charge in [0, 0.05) is 23.7 Å². The number of nitrogens with one attached hydrogen (secondary N) is 1. The zero-order valence-corrected chi connectivity index (χ0v) is 13.2. The third kappa shape index (κ3) is 3.10. The van der Waals surface area contributed by atoms with Crippen molar-refractivity contribution >= 4 is 22.9 Å². The normalized spacial score (nSPS) is 14.0. The van der Waals surface area contributed by atoms with Crippen molar-refractivity contribution in [3.05, 3.63) is 51.7 Å². The summed E-state index contributed by atoms with van der Waals surface area (Å²) in [4.78, 5) is 16.2. The highest BCUT2D eigenvalue weighted by Crippen LogP contribution is 2.32. The molecule has 1 amide bonds. The van der Waals surface area contributed by atoms with E-state index in [1.54, 1.807) is 11.3 Å². The lowest BCUT2D eigenvalue weighted by atomic mass is 10.1. The Kier molecular flexibility index (Phi) is 3.97. The number of aryl methyl sites for hydroxylation is 1. The van der Waals surface area contributed by atoms with Gasteiger partial charge in [-0.2, -0.15) is 0 Å². The van der Waals surface area contributed by atoms with Gasteiger partial charge in [0.2, 0.25) is 0 Å². The first kappa shape index (κ1) is 14.1. The third-order valence-corrected chi connectivity index (χ3v) is 4.69. The van der Waals surface area contributed by atoms with Crippen LogP contribution in [0.4, 0.5) is 5.69 Å². The quantitative estimate of drug-likeness (QED) is 0.908. The highest BCUT2D eigenvalue weighted by molar-refractivity contribution is 7.09. The highest BCUT2D eigenvalue weighted by Gasteiger charge is 2.33.